The molecule has 1 aromatic carbocycles. The Morgan fingerprint density at radius 2 is 2.09 bits per heavy atom. The van der Waals surface area contributed by atoms with E-state index in [1.807, 2.05) is 6.92 Å². The second-order valence-electron chi connectivity index (χ2n) is 8.36. The van der Waals surface area contributed by atoms with Gasteiger partial charge in [-0.05, 0) is 38.0 Å². The Bertz CT molecular complexity index is 1390. The van der Waals surface area contributed by atoms with Crippen LogP contribution in [-0.4, -0.2) is 53.4 Å². The molecule has 1 aliphatic rings. The van der Waals surface area contributed by atoms with Crippen LogP contribution in [0.1, 0.15) is 30.1 Å². The lowest BCUT2D eigenvalue weighted by Gasteiger charge is -2.45. The van der Waals surface area contributed by atoms with Crippen molar-refractivity contribution in [3.63, 3.8) is 0 Å². The molecule has 4 N–H and O–H groups in total. The van der Waals surface area contributed by atoms with Crippen LogP contribution >= 0.6 is 12.4 Å². The van der Waals surface area contributed by atoms with Crippen molar-refractivity contribution in [3.05, 3.63) is 42.0 Å². The second-order valence-corrected chi connectivity index (χ2v) is 8.36. The monoisotopic (exact) mass is 473 g/mol. The summed E-state index contributed by atoms with van der Waals surface area (Å²) >= 11 is 0. The molecule has 0 radical (unpaired) electrons. The number of hydrogen-bond donors (Lipinski definition) is 4. The lowest BCUT2D eigenvalue weighted by molar-refractivity contribution is 0.0800. The maximum absolute atomic E-state index is 13.6. The van der Waals surface area contributed by atoms with Gasteiger partial charge in [0.1, 0.15) is 22.7 Å². The fourth-order valence-electron chi connectivity index (χ4n) is 4.35. The van der Waals surface area contributed by atoms with Crippen LogP contribution in [0, 0.1) is 5.82 Å². The van der Waals surface area contributed by atoms with E-state index < -0.39 is 11.6 Å². The molecule has 12 heteroatoms. The van der Waals surface area contributed by atoms with Gasteiger partial charge in [0, 0.05) is 30.2 Å². The molecule has 5 rings (SSSR count). The Kier molecular flexibility index (Phi) is 5.44. The third-order valence-corrected chi connectivity index (χ3v) is 5.82. The molecule has 0 saturated heterocycles. The highest BCUT2D eigenvalue weighted by atomic mass is 35.5. The Balaban J connectivity index is 0.00000259. The number of aryl methyl sites for hydroxylation is 1. The van der Waals surface area contributed by atoms with Crippen molar-refractivity contribution >= 4 is 46.5 Å². The van der Waals surface area contributed by atoms with E-state index in [2.05, 4.69) is 30.7 Å². The van der Waals surface area contributed by atoms with Gasteiger partial charge in [-0.25, -0.2) is 19.2 Å². The number of benzene rings is 1. The number of amides is 2. The normalized spacial score (nSPS) is 19.7. The molecular weight excluding hydrogens is 453 g/mol. The Morgan fingerprint density at radius 3 is 2.82 bits per heavy atom. The quantitative estimate of drug-likeness (QED) is 0.359. The highest BCUT2D eigenvalue weighted by molar-refractivity contribution is 6.05. The number of aromatic amines is 1. The van der Waals surface area contributed by atoms with Gasteiger partial charge in [0.15, 0.2) is 5.65 Å². The number of fused-ring (bicyclic) bond motifs is 2. The van der Waals surface area contributed by atoms with E-state index >= 15 is 0 Å². The zero-order valence-corrected chi connectivity index (χ0v) is 18.5. The van der Waals surface area contributed by atoms with E-state index in [-0.39, 0.29) is 30.2 Å². The number of halogens is 2. The van der Waals surface area contributed by atoms with Gasteiger partial charge in [0.2, 0.25) is 0 Å². The summed E-state index contributed by atoms with van der Waals surface area (Å²) in [5.41, 5.74) is 2.29. The van der Waals surface area contributed by atoms with Gasteiger partial charge in [-0.2, -0.15) is 5.10 Å². The maximum Gasteiger partial charge on any atom is 0.404 e. The fraction of sp³-hybridized carbons (Fsp3) is 0.286. The van der Waals surface area contributed by atoms with E-state index in [1.165, 1.54) is 12.1 Å². The van der Waals surface area contributed by atoms with E-state index in [4.69, 9.17) is 5.11 Å². The predicted molar refractivity (Wildman–Crippen MR) is 121 cm³/mol. The van der Waals surface area contributed by atoms with Gasteiger partial charge < -0.3 is 20.7 Å². The first-order chi connectivity index (χ1) is 15.2. The number of hydrogen-bond acceptors (Lipinski definition) is 5. The van der Waals surface area contributed by atoms with Crippen LogP contribution in [0.3, 0.4) is 0 Å². The number of carbonyl (C=O) groups excluding carboxylic acids is 1. The average Bonchev–Trinajstić information content (AvgIpc) is 3.27. The van der Waals surface area contributed by atoms with Crippen LogP contribution in [0.25, 0.3) is 33.5 Å². The summed E-state index contributed by atoms with van der Waals surface area (Å²) < 4.78 is 15.2. The molecule has 1 aliphatic carbocycles. The molecule has 3 heterocycles. The van der Waals surface area contributed by atoms with Crippen LogP contribution in [-0.2, 0) is 7.05 Å². The van der Waals surface area contributed by atoms with Crippen molar-refractivity contribution in [3.8, 4) is 11.4 Å². The molecule has 1 saturated carbocycles. The molecule has 0 bridgehead atoms. The van der Waals surface area contributed by atoms with Gasteiger partial charge in [-0.3, -0.25) is 9.48 Å². The number of carbonyl (C=O) groups is 2. The van der Waals surface area contributed by atoms with Crippen LogP contribution < -0.4 is 10.6 Å². The molecule has 4 aromatic rings. The molecule has 0 spiro atoms. The SMILES string of the molecule is Cl.Cn1nc(-c2cnc3[nH]cc(C(=O)NC4(C)CC(NC(=O)O)C4)c3n2)c2ccc(F)cc21. The van der Waals surface area contributed by atoms with E-state index in [1.54, 1.807) is 30.2 Å². The predicted octanol–water partition coefficient (Wildman–Crippen LogP) is 2.99. The van der Waals surface area contributed by atoms with E-state index in [0.717, 1.165) is 5.39 Å². The van der Waals surface area contributed by atoms with Gasteiger partial charge in [0.25, 0.3) is 5.91 Å². The summed E-state index contributed by atoms with van der Waals surface area (Å²) in [5.74, 6) is -0.685. The van der Waals surface area contributed by atoms with Crippen molar-refractivity contribution in [1.82, 2.24) is 35.4 Å². The molecule has 0 aliphatic heterocycles. The summed E-state index contributed by atoms with van der Waals surface area (Å²) in [5, 5.41) is 19.4. The first-order valence-electron chi connectivity index (χ1n) is 10.0. The summed E-state index contributed by atoms with van der Waals surface area (Å²) in [6.45, 7) is 1.87. The van der Waals surface area contributed by atoms with Gasteiger partial charge in [-0.15, -0.1) is 12.4 Å². The Hall–Kier alpha value is -3.73. The summed E-state index contributed by atoms with van der Waals surface area (Å²) in [6.07, 6.45) is 3.03. The molecule has 1 fully saturated rings. The fourth-order valence-corrected chi connectivity index (χ4v) is 4.35. The van der Waals surface area contributed by atoms with E-state index in [9.17, 15) is 14.0 Å². The number of aromatic nitrogens is 5. The zero-order chi connectivity index (χ0) is 22.6. The van der Waals surface area contributed by atoms with Crippen LogP contribution in [0.4, 0.5) is 9.18 Å². The maximum atomic E-state index is 13.6. The minimum atomic E-state index is -1.08. The Labute approximate surface area is 193 Å². The lowest BCUT2D eigenvalue weighted by Crippen LogP contribution is -2.61. The van der Waals surface area contributed by atoms with Crippen LogP contribution in [0.2, 0.25) is 0 Å². The highest BCUT2D eigenvalue weighted by Crippen LogP contribution is 2.33. The Morgan fingerprint density at radius 1 is 1.33 bits per heavy atom. The molecule has 10 nitrogen and oxygen atoms in total. The molecule has 172 valence electrons. The van der Waals surface area contributed by atoms with Crippen molar-refractivity contribution in [1.29, 1.82) is 0 Å². The molecule has 3 aromatic heterocycles. The highest BCUT2D eigenvalue weighted by Gasteiger charge is 2.42. The van der Waals surface area contributed by atoms with E-state index in [0.29, 0.717) is 46.5 Å². The number of carboxylic acid groups (broad SMARTS) is 1. The third kappa shape index (κ3) is 3.95. The summed E-state index contributed by atoms with van der Waals surface area (Å²) in [7, 11) is 1.72. The van der Waals surface area contributed by atoms with Crippen molar-refractivity contribution < 1.29 is 19.1 Å². The third-order valence-electron chi connectivity index (χ3n) is 5.82. The van der Waals surface area contributed by atoms with Crippen LogP contribution in [0.15, 0.2) is 30.6 Å². The van der Waals surface area contributed by atoms with Gasteiger partial charge in [-0.1, -0.05) is 0 Å². The van der Waals surface area contributed by atoms with Crippen molar-refractivity contribution in [2.24, 2.45) is 7.05 Å². The van der Waals surface area contributed by atoms with Crippen molar-refractivity contribution in [2.75, 3.05) is 0 Å². The van der Waals surface area contributed by atoms with Crippen molar-refractivity contribution in [2.45, 2.75) is 31.3 Å². The summed E-state index contributed by atoms with van der Waals surface area (Å²) in [4.78, 5) is 35.7. The summed E-state index contributed by atoms with van der Waals surface area (Å²) in [6, 6.07) is 4.22. The molecular formula is C21H21ClFN7O3. The molecule has 0 unspecified atom stereocenters. The first kappa shape index (κ1) is 22.5. The number of H-pyrrole nitrogens is 1. The molecule has 2 amide bonds. The van der Waals surface area contributed by atoms with Gasteiger partial charge in [0.05, 0.1) is 17.3 Å². The molecule has 0 atom stereocenters. The number of nitrogens with one attached hydrogen (secondary N) is 3. The number of rotatable bonds is 4. The largest absolute Gasteiger partial charge is 0.465 e. The standard InChI is InChI=1S/C21H20FN7O3.ClH/c1-21(6-11(7-21)25-20(31)32)27-19(30)13-8-23-18-17(13)26-14(9-24-18)16-12-4-3-10(22)5-15(12)29(2)28-16;/h3-5,8-9,11,25H,6-7H2,1-2H3,(H,23,24)(H,27,30)(H,31,32);1H. The smallest absolute Gasteiger partial charge is 0.404 e. The number of nitrogens with zero attached hydrogens (tertiary/aromatic N) is 4. The minimum absolute atomic E-state index is 0. The first-order valence-corrected chi connectivity index (χ1v) is 10.0. The lowest BCUT2D eigenvalue weighted by atomic mass is 9.74. The second kappa shape index (κ2) is 8.00. The average molecular weight is 474 g/mol. The zero-order valence-electron chi connectivity index (χ0n) is 17.7. The van der Waals surface area contributed by atoms with Crippen LogP contribution in [0.5, 0.6) is 0 Å². The topological polar surface area (TPSA) is 138 Å². The van der Waals surface area contributed by atoms with Gasteiger partial charge >= 0.3 is 6.09 Å². The molecule has 33 heavy (non-hydrogen) atoms. The minimum Gasteiger partial charge on any atom is -0.465 e.